The van der Waals surface area contributed by atoms with Crippen LogP contribution in [0.5, 0.6) is 5.75 Å². The Hall–Kier alpha value is -1.39. The number of benzene rings is 2. The Kier molecular flexibility index (Phi) is 5.56. The molecular formula is C15H15ClFNOS. The average molecular weight is 312 g/mol. The molecule has 0 heterocycles. The van der Waals surface area contributed by atoms with Gasteiger partial charge in [-0.25, -0.2) is 4.39 Å². The lowest BCUT2D eigenvalue weighted by molar-refractivity contribution is 0.319. The first-order valence-corrected chi connectivity index (χ1v) is 7.58. The topological polar surface area (TPSA) is 35.2 Å². The summed E-state index contributed by atoms with van der Waals surface area (Å²) in [5, 5.41) is 0.693. The molecule has 0 spiro atoms. The van der Waals surface area contributed by atoms with Crippen LogP contribution in [0.3, 0.4) is 0 Å². The van der Waals surface area contributed by atoms with E-state index in [-0.39, 0.29) is 11.5 Å². The van der Waals surface area contributed by atoms with Crippen LogP contribution in [-0.2, 0) is 0 Å². The van der Waals surface area contributed by atoms with Crippen LogP contribution in [0.25, 0.3) is 0 Å². The minimum absolute atomic E-state index is 0.181. The number of halogens is 2. The van der Waals surface area contributed by atoms with Gasteiger partial charge in [0.2, 0.25) is 0 Å². The van der Waals surface area contributed by atoms with Gasteiger partial charge in [0.25, 0.3) is 0 Å². The van der Waals surface area contributed by atoms with Crippen LogP contribution in [0.1, 0.15) is 6.42 Å². The Bertz CT molecular complexity index is 562. The summed E-state index contributed by atoms with van der Waals surface area (Å²) in [4.78, 5) is 0.878. The normalized spacial score (nSPS) is 10.5. The lowest BCUT2D eigenvalue weighted by Crippen LogP contribution is -1.98. The molecule has 106 valence electrons. The van der Waals surface area contributed by atoms with Crippen molar-refractivity contribution < 1.29 is 9.13 Å². The first-order valence-electron chi connectivity index (χ1n) is 6.21. The Morgan fingerprint density at radius 2 is 1.90 bits per heavy atom. The molecule has 0 amide bonds. The molecule has 0 atom stereocenters. The predicted molar refractivity (Wildman–Crippen MR) is 83.1 cm³/mol. The summed E-state index contributed by atoms with van der Waals surface area (Å²) in [5.74, 6) is 1.29. The second-order valence-electron chi connectivity index (χ2n) is 4.19. The van der Waals surface area contributed by atoms with Crippen molar-refractivity contribution in [1.29, 1.82) is 0 Å². The van der Waals surface area contributed by atoms with Crippen LogP contribution in [0, 0.1) is 5.82 Å². The molecule has 0 bridgehead atoms. The summed E-state index contributed by atoms with van der Waals surface area (Å²) < 4.78 is 18.8. The van der Waals surface area contributed by atoms with E-state index in [9.17, 15) is 4.39 Å². The molecule has 0 fully saturated rings. The minimum atomic E-state index is -0.368. The summed E-state index contributed by atoms with van der Waals surface area (Å²) in [5.41, 5.74) is 5.61. The highest BCUT2D eigenvalue weighted by Gasteiger charge is 2.01. The molecule has 0 aliphatic heterocycles. The van der Waals surface area contributed by atoms with E-state index >= 15 is 0 Å². The van der Waals surface area contributed by atoms with Gasteiger partial charge in [-0.1, -0.05) is 11.6 Å². The summed E-state index contributed by atoms with van der Waals surface area (Å²) in [7, 11) is 0. The second kappa shape index (κ2) is 7.41. The monoisotopic (exact) mass is 311 g/mol. The number of thioether (sulfide) groups is 1. The average Bonchev–Trinajstić information content (AvgIpc) is 2.44. The number of ether oxygens (including phenoxy) is 1. The Morgan fingerprint density at radius 3 is 2.60 bits per heavy atom. The van der Waals surface area contributed by atoms with E-state index in [1.165, 1.54) is 6.07 Å². The van der Waals surface area contributed by atoms with E-state index in [0.29, 0.717) is 11.6 Å². The number of hydrogen-bond donors (Lipinski definition) is 1. The quantitative estimate of drug-likeness (QED) is 0.480. The molecule has 0 saturated heterocycles. The maximum absolute atomic E-state index is 13.2. The summed E-state index contributed by atoms with van der Waals surface area (Å²) in [6, 6.07) is 12.1. The third-order valence-corrected chi connectivity index (χ3v) is 3.94. The highest BCUT2D eigenvalue weighted by atomic mass is 35.5. The lowest BCUT2D eigenvalue weighted by Gasteiger charge is -2.06. The number of hydrogen-bond acceptors (Lipinski definition) is 3. The standard InChI is InChI=1S/C15H15ClFNOS/c16-11-2-4-12(5-3-11)19-8-1-9-20-13-6-7-15(18)14(17)10-13/h2-7,10H,1,8-9,18H2. The highest BCUT2D eigenvalue weighted by molar-refractivity contribution is 7.99. The van der Waals surface area contributed by atoms with Gasteiger partial charge in [-0.2, -0.15) is 0 Å². The highest BCUT2D eigenvalue weighted by Crippen LogP contribution is 2.22. The van der Waals surface area contributed by atoms with Crippen LogP contribution >= 0.6 is 23.4 Å². The molecule has 2 nitrogen and oxygen atoms in total. The van der Waals surface area contributed by atoms with E-state index in [1.54, 1.807) is 30.0 Å². The smallest absolute Gasteiger partial charge is 0.147 e. The summed E-state index contributed by atoms with van der Waals surface area (Å²) >= 11 is 7.37. The zero-order valence-electron chi connectivity index (χ0n) is 10.8. The fraction of sp³-hybridized carbons (Fsp3) is 0.200. The molecule has 2 aromatic carbocycles. The Morgan fingerprint density at radius 1 is 1.15 bits per heavy atom. The Balaban J connectivity index is 1.68. The zero-order valence-corrected chi connectivity index (χ0v) is 12.4. The number of rotatable bonds is 6. The van der Waals surface area contributed by atoms with Gasteiger partial charge in [0.05, 0.1) is 12.3 Å². The molecule has 0 radical (unpaired) electrons. The fourth-order valence-electron chi connectivity index (χ4n) is 1.57. The van der Waals surface area contributed by atoms with Gasteiger partial charge in [0.1, 0.15) is 11.6 Å². The van der Waals surface area contributed by atoms with Crippen LogP contribution in [0.4, 0.5) is 10.1 Å². The summed E-state index contributed by atoms with van der Waals surface area (Å²) in [6.07, 6.45) is 0.874. The third-order valence-electron chi connectivity index (χ3n) is 2.61. The molecule has 20 heavy (non-hydrogen) atoms. The molecule has 2 aromatic rings. The largest absolute Gasteiger partial charge is 0.494 e. The zero-order chi connectivity index (χ0) is 14.4. The summed E-state index contributed by atoms with van der Waals surface area (Å²) in [6.45, 7) is 0.617. The minimum Gasteiger partial charge on any atom is -0.494 e. The number of anilines is 1. The molecule has 0 aliphatic rings. The van der Waals surface area contributed by atoms with Crippen molar-refractivity contribution in [3.63, 3.8) is 0 Å². The van der Waals surface area contributed by atoms with E-state index in [1.807, 2.05) is 18.2 Å². The molecule has 0 aromatic heterocycles. The van der Waals surface area contributed by atoms with E-state index < -0.39 is 0 Å². The van der Waals surface area contributed by atoms with E-state index in [2.05, 4.69) is 0 Å². The van der Waals surface area contributed by atoms with Crippen LogP contribution < -0.4 is 10.5 Å². The van der Waals surface area contributed by atoms with Gasteiger partial charge < -0.3 is 10.5 Å². The van der Waals surface area contributed by atoms with Crippen LogP contribution in [-0.4, -0.2) is 12.4 Å². The first kappa shape index (κ1) is 15.0. The number of nitrogen functional groups attached to an aromatic ring is 1. The van der Waals surface area contributed by atoms with E-state index in [0.717, 1.165) is 22.8 Å². The predicted octanol–water partition coefficient (Wildman–Crippen LogP) is 4.62. The van der Waals surface area contributed by atoms with Gasteiger partial charge in [-0.3, -0.25) is 0 Å². The Labute approximate surface area is 127 Å². The van der Waals surface area contributed by atoms with Gasteiger partial charge in [0, 0.05) is 15.7 Å². The van der Waals surface area contributed by atoms with Crippen molar-refractivity contribution in [3.8, 4) is 5.75 Å². The second-order valence-corrected chi connectivity index (χ2v) is 5.79. The molecule has 0 aliphatic carbocycles. The molecule has 0 saturated carbocycles. The fourth-order valence-corrected chi connectivity index (χ4v) is 2.54. The number of nitrogens with two attached hydrogens (primary N) is 1. The van der Waals surface area contributed by atoms with Crippen molar-refractivity contribution in [2.24, 2.45) is 0 Å². The van der Waals surface area contributed by atoms with Crippen molar-refractivity contribution in [2.75, 3.05) is 18.1 Å². The third kappa shape index (κ3) is 4.62. The molecule has 5 heteroatoms. The maximum Gasteiger partial charge on any atom is 0.147 e. The van der Waals surface area contributed by atoms with Crippen LogP contribution in [0.2, 0.25) is 5.02 Å². The lowest BCUT2D eigenvalue weighted by atomic mass is 10.3. The van der Waals surface area contributed by atoms with Crippen LogP contribution in [0.15, 0.2) is 47.4 Å². The SMILES string of the molecule is Nc1ccc(SCCCOc2ccc(Cl)cc2)cc1F. The van der Waals surface area contributed by atoms with Gasteiger partial charge >= 0.3 is 0 Å². The van der Waals surface area contributed by atoms with Crippen molar-refractivity contribution >= 4 is 29.1 Å². The van der Waals surface area contributed by atoms with Gasteiger partial charge in [0.15, 0.2) is 0 Å². The van der Waals surface area contributed by atoms with Gasteiger partial charge in [-0.05, 0) is 48.9 Å². The molecule has 2 N–H and O–H groups in total. The first-order chi connectivity index (χ1) is 9.65. The maximum atomic E-state index is 13.2. The van der Waals surface area contributed by atoms with E-state index in [4.69, 9.17) is 22.1 Å². The van der Waals surface area contributed by atoms with Crippen molar-refractivity contribution in [2.45, 2.75) is 11.3 Å². The van der Waals surface area contributed by atoms with Gasteiger partial charge in [-0.15, -0.1) is 11.8 Å². The van der Waals surface area contributed by atoms with Crippen molar-refractivity contribution in [3.05, 3.63) is 53.3 Å². The molecule has 0 unspecified atom stereocenters. The molecule has 2 rings (SSSR count). The molecular weight excluding hydrogens is 297 g/mol. The van der Waals surface area contributed by atoms with Crippen molar-refractivity contribution in [1.82, 2.24) is 0 Å².